The van der Waals surface area contributed by atoms with Crippen LogP contribution in [0.25, 0.3) is 27.9 Å². The van der Waals surface area contributed by atoms with E-state index in [0.717, 1.165) is 33.6 Å². The van der Waals surface area contributed by atoms with Gasteiger partial charge in [0.15, 0.2) is 11.5 Å². The van der Waals surface area contributed by atoms with Crippen LogP contribution in [0.5, 0.6) is 5.75 Å². The predicted octanol–water partition coefficient (Wildman–Crippen LogP) is 5.64. The molecule has 178 valence electrons. The first-order valence-electron chi connectivity index (χ1n) is 11.5. The number of carbonyl (C=O) groups is 1. The molecule has 0 aliphatic carbocycles. The quantitative estimate of drug-likeness (QED) is 0.375. The molecule has 4 aromatic rings. The van der Waals surface area contributed by atoms with Crippen LogP contribution >= 0.6 is 0 Å². The third-order valence-corrected chi connectivity index (χ3v) is 5.65. The van der Waals surface area contributed by atoms with Gasteiger partial charge in [0.2, 0.25) is 0 Å². The van der Waals surface area contributed by atoms with Crippen molar-refractivity contribution in [3.8, 4) is 17.0 Å². The minimum absolute atomic E-state index is 0.0148. The van der Waals surface area contributed by atoms with Crippen LogP contribution in [-0.4, -0.2) is 39.1 Å². The first-order chi connectivity index (χ1) is 16.1. The fourth-order valence-electron chi connectivity index (χ4n) is 3.97. The number of hydrogen-bond acceptors (Lipinski definition) is 6. The number of anilines is 1. The van der Waals surface area contributed by atoms with Gasteiger partial charge in [0.05, 0.1) is 30.0 Å². The van der Waals surface area contributed by atoms with E-state index in [1.54, 1.807) is 7.11 Å². The number of nitrogens with zero attached hydrogens (tertiary/aromatic N) is 3. The summed E-state index contributed by atoms with van der Waals surface area (Å²) in [5.74, 6) is 1.02. The molecule has 2 aromatic carbocycles. The minimum atomic E-state index is -0.580. The SMILES string of the molecule is COc1cc(-c2cnc3c(NC(C(=O)OC(C)(C)C)C(C)C)nc4ccccc4n23)ccc1C. The largest absolute Gasteiger partial charge is 0.496 e. The van der Waals surface area contributed by atoms with Crippen molar-refractivity contribution in [3.05, 3.63) is 54.2 Å². The Morgan fingerprint density at radius 1 is 1.12 bits per heavy atom. The van der Waals surface area contributed by atoms with Crippen LogP contribution in [0.2, 0.25) is 0 Å². The minimum Gasteiger partial charge on any atom is -0.496 e. The molecule has 0 aliphatic heterocycles. The van der Waals surface area contributed by atoms with Gasteiger partial charge in [-0.25, -0.2) is 14.8 Å². The second-order valence-corrected chi connectivity index (χ2v) is 9.84. The lowest BCUT2D eigenvalue weighted by atomic mass is 10.0. The zero-order valence-corrected chi connectivity index (χ0v) is 20.8. The average Bonchev–Trinajstić information content (AvgIpc) is 3.22. The standard InChI is InChI=1S/C27H32N4O3/c1-16(2)23(26(32)34-27(4,5)6)30-24-25-28-15-21(18-13-12-17(3)22(14-18)33-7)31(25)20-11-9-8-10-19(20)29-24/h8-16,23H,1-7H3,(H,29,30). The highest BCUT2D eigenvalue weighted by atomic mass is 16.6. The normalized spacial score (nSPS) is 12.8. The van der Waals surface area contributed by atoms with Gasteiger partial charge in [-0.15, -0.1) is 0 Å². The first kappa shape index (κ1) is 23.5. The van der Waals surface area contributed by atoms with E-state index in [9.17, 15) is 4.79 Å². The van der Waals surface area contributed by atoms with Crippen LogP contribution in [0.3, 0.4) is 0 Å². The van der Waals surface area contributed by atoms with E-state index in [2.05, 4.69) is 15.8 Å². The molecule has 0 saturated carbocycles. The highest BCUT2D eigenvalue weighted by molar-refractivity contribution is 5.88. The number of rotatable bonds is 6. The maximum atomic E-state index is 13.0. The van der Waals surface area contributed by atoms with E-state index in [0.29, 0.717) is 11.5 Å². The zero-order chi connectivity index (χ0) is 24.6. The Morgan fingerprint density at radius 2 is 1.85 bits per heavy atom. The summed E-state index contributed by atoms with van der Waals surface area (Å²) < 4.78 is 13.3. The Kier molecular flexibility index (Phi) is 6.21. The molecule has 34 heavy (non-hydrogen) atoms. The van der Waals surface area contributed by atoms with Crippen LogP contribution < -0.4 is 10.1 Å². The van der Waals surface area contributed by atoms with Crippen molar-refractivity contribution in [2.75, 3.05) is 12.4 Å². The second kappa shape index (κ2) is 8.97. The summed E-state index contributed by atoms with van der Waals surface area (Å²) in [5.41, 5.74) is 4.73. The van der Waals surface area contributed by atoms with E-state index in [1.807, 2.05) is 84.1 Å². The molecule has 0 spiro atoms. The van der Waals surface area contributed by atoms with Crippen LogP contribution in [0.4, 0.5) is 5.82 Å². The Bertz CT molecular complexity index is 1350. The molecule has 0 radical (unpaired) electrons. The Labute approximate surface area is 200 Å². The summed E-state index contributed by atoms with van der Waals surface area (Å²) in [6.45, 7) is 11.6. The monoisotopic (exact) mass is 460 g/mol. The number of nitrogens with one attached hydrogen (secondary N) is 1. The van der Waals surface area contributed by atoms with Crippen LogP contribution in [0.1, 0.15) is 40.2 Å². The maximum absolute atomic E-state index is 13.0. The molecule has 1 atom stereocenters. The fraction of sp³-hybridized carbons (Fsp3) is 0.370. The molecular formula is C27H32N4O3. The molecule has 2 aromatic heterocycles. The van der Waals surface area contributed by atoms with E-state index < -0.39 is 11.6 Å². The number of fused-ring (bicyclic) bond motifs is 3. The van der Waals surface area contributed by atoms with Gasteiger partial charge in [0.25, 0.3) is 0 Å². The molecule has 0 bridgehead atoms. The van der Waals surface area contributed by atoms with Gasteiger partial charge in [0, 0.05) is 5.56 Å². The van der Waals surface area contributed by atoms with E-state index in [4.69, 9.17) is 19.4 Å². The number of ether oxygens (including phenoxy) is 2. The molecule has 0 saturated heterocycles. The molecule has 0 fully saturated rings. The predicted molar refractivity (Wildman–Crippen MR) is 135 cm³/mol. The maximum Gasteiger partial charge on any atom is 0.329 e. The fourth-order valence-corrected chi connectivity index (χ4v) is 3.97. The third-order valence-electron chi connectivity index (χ3n) is 5.65. The first-order valence-corrected chi connectivity index (χ1v) is 11.5. The van der Waals surface area contributed by atoms with Gasteiger partial charge >= 0.3 is 5.97 Å². The smallest absolute Gasteiger partial charge is 0.329 e. The van der Waals surface area contributed by atoms with Crippen molar-refractivity contribution in [2.45, 2.75) is 53.2 Å². The van der Waals surface area contributed by atoms with Gasteiger partial charge < -0.3 is 14.8 Å². The number of para-hydroxylation sites is 2. The number of aromatic nitrogens is 3. The number of aryl methyl sites for hydroxylation is 1. The third kappa shape index (κ3) is 4.55. The summed E-state index contributed by atoms with van der Waals surface area (Å²) in [6, 6.07) is 13.4. The lowest BCUT2D eigenvalue weighted by Gasteiger charge is -2.27. The molecule has 0 amide bonds. The molecule has 7 nitrogen and oxygen atoms in total. The molecule has 1 N–H and O–H groups in total. The summed E-state index contributed by atoms with van der Waals surface area (Å²) >= 11 is 0. The van der Waals surface area contributed by atoms with E-state index in [-0.39, 0.29) is 11.9 Å². The Hall–Kier alpha value is -3.61. The number of methoxy groups -OCH3 is 1. The molecule has 7 heteroatoms. The second-order valence-electron chi connectivity index (χ2n) is 9.84. The molecule has 2 heterocycles. The Morgan fingerprint density at radius 3 is 2.53 bits per heavy atom. The lowest BCUT2D eigenvalue weighted by Crippen LogP contribution is -2.40. The van der Waals surface area contributed by atoms with Crippen LogP contribution in [-0.2, 0) is 9.53 Å². The van der Waals surface area contributed by atoms with Crippen molar-refractivity contribution < 1.29 is 14.3 Å². The topological polar surface area (TPSA) is 77.8 Å². The number of hydrogen-bond donors (Lipinski definition) is 1. The Balaban J connectivity index is 1.88. The summed E-state index contributed by atoms with van der Waals surface area (Å²) in [7, 11) is 1.67. The van der Waals surface area contributed by atoms with Crippen molar-refractivity contribution in [1.29, 1.82) is 0 Å². The van der Waals surface area contributed by atoms with E-state index in [1.165, 1.54) is 0 Å². The summed E-state index contributed by atoms with van der Waals surface area (Å²) in [6.07, 6.45) is 1.83. The summed E-state index contributed by atoms with van der Waals surface area (Å²) in [4.78, 5) is 22.5. The molecular weight excluding hydrogens is 428 g/mol. The number of esters is 1. The van der Waals surface area contributed by atoms with Gasteiger partial charge in [-0.1, -0.05) is 38.1 Å². The van der Waals surface area contributed by atoms with Gasteiger partial charge in [0.1, 0.15) is 17.4 Å². The highest BCUT2D eigenvalue weighted by Crippen LogP contribution is 2.32. The van der Waals surface area contributed by atoms with Crippen molar-refractivity contribution in [3.63, 3.8) is 0 Å². The summed E-state index contributed by atoms with van der Waals surface area (Å²) in [5, 5.41) is 3.34. The molecule has 0 aliphatic rings. The number of benzene rings is 2. The van der Waals surface area contributed by atoms with Gasteiger partial charge in [-0.2, -0.15) is 0 Å². The number of imidazole rings is 1. The van der Waals surface area contributed by atoms with Crippen molar-refractivity contribution in [1.82, 2.24) is 14.4 Å². The molecule has 1 unspecified atom stereocenters. The van der Waals surface area contributed by atoms with Crippen LogP contribution in [0.15, 0.2) is 48.7 Å². The zero-order valence-electron chi connectivity index (χ0n) is 20.8. The number of carbonyl (C=O) groups excluding carboxylic acids is 1. The van der Waals surface area contributed by atoms with Crippen molar-refractivity contribution >= 4 is 28.5 Å². The van der Waals surface area contributed by atoms with E-state index >= 15 is 0 Å². The van der Waals surface area contributed by atoms with Crippen molar-refractivity contribution in [2.24, 2.45) is 5.92 Å². The molecule has 4 rings (SSSR count). The van der Waals surface area contributed by atoms with Gasteiger partial charge in [-0.3, -0.25) is 4.40 Å². The van der Waals surface area contributed by atoms with Gasteiger partial charge in [-0.05, 0) is 57.4 Å². The lowest BCUT2D eigenvalue weighted by molar-refractivity contribution is -0.156. The highest BCUT2D eigenvalue weighted by Gasteiger charge is 2.29. The van der Waals surface area contributed by atoms with Crippen LogP contribution in [0, 0.1) is 12.8 Å². The average molecular weight is 461 g/mol.